The van der Waals surface area contributed by atoms with Gasteiger partial charge in [0.2, 0.25) is 0 Å². The summed E-state index contributed by atoms with van der Waals surface area (Å²) in [6.45, 7) is 1.88. The Hall–Kier alpha value is -1.41. The highest BCUT2D eigenvalue weighted by Crippen LogP contribution is 2.24. The molecule has 8 heteroatoms. The fourth-order valence-corrected chi connectivity index (χ4v) is 3.23. The van der Waals surface area contributed by atoms with Crippen molar-refractivity contribution in [1.82, 2.24) is 19.3 Å². The lowest BCUT2D eigenvalue weighted by atomic mass is 10.4. The molecule has 0 aliphatic heterocycles. The molecular formula is C10H12N4O2S2. The molecule has 0 fully saturated rings. The zero-order chi connectivity index (χ0) is 13.3. The Morgan fingerprint density at radius 2 is 2.00 bits per heavy atom. The number of rotatable bonds is 3. The summed E-state index contributed by atoms with van der Waals surface area (Å²) in [4.78, 5) is 23.3. The smallest absolute Gasteiger partial charge is 0.300 e. The minimum absolute atomic E-state index is 0.290. The molecule has 0 bridgehead atoms. The van der Waals surface area contributed by atoms with Gasteiger partial charge in [-0.05, 0) is 6.92 Å². The summed E-state index contributed by atoms with van der Waals surface area (Å²) < 4.78 is 3.39. The predicted molar refractivity (Wildman–Crippen MR) is 71.1 cm³/mol. The van der Waals surface area contributed by atoms with Crippen molar-refractivity contribution in [2.45, 2.75) is 17.0 Å². The van der Waals surface area contributed by atoms with Crippen LogP contribution in [0.15, 0.2) is 20.0 Å². The second kappa shape index (κ2) is 5.07. The van der Waals surface area contributed by atoms with Gasteiger partial charge in [0.25, 0.3) is 5.56 Å². The van der Waals surface area contributed by atoms with E-state index in [9.17, 15) is 9.59 Å². The van der Waals surface area contributed by atoms with Crippen LogP contribution in [0.1, 0.15) is 10.7 Å². The van der Waals surface area contributed by atoms with Crippen molar-refractivity contribution in [3.63, 3.8) is 0 Å². The number of aryl methyl sites for hydroxylation is 1. The van der Waals surface area contributed by atoms with E-state index in [1.807, 2.05) is 6.92 Å². The number of hydrogen-bond donors (Lipinski definition) is 0. The van der Waals surface area contributed by atoms with Crippen LogP contribution in [0.5, 0.6) is 0 Å². The van der Waals surface area contributed by atoms with Crippen molar-refractivity contribution in [3.05, 3.63) is 37.6 Å². The molecule has 0 saturated carbocycles. The lowest BCUT2D eigenvalue weighted by Gasteiger charge is -2.07. The normalized spacial score (nSPS) is 10.8. The maximum atomic E-state index is 11.7. The lowest BCUT2D eigenvalue weighted by Crippen LogP contribution is -2.37. The molecule has 2 rings (SSSR count). The molecule has 0 saturated heterocycles. The van der Waals surface area contributed by atoms with Crippen molar-refractivity contribution >= 4 is 23.1 Å². The van der Waals surface area contributed by atoms with Crippen LogP contribution in [0, 0.1) is 6.92 Å². The van der Waals surface area contributed by atoms with Crippen LogP contribution in [0.4, 0.5) is 0 Å². The van der Waals surface area contributed by atoms with E-state index in [0.717, 1.165) is 13.9 Å². The van der Waals surface area contributed by atoms with Crippen LogP contribution in [0.3, 0.4) is 0 Å². The Bertz CT molecular complexity index is 686. The van der Waals surface area contributed by atoms with Crippen LogP contribution in [0.2, 0.25) is 0 Å². The predicted octanol–water partition coefficient (Wildman–Crippen LogP) is 0.536. The average Bonchev–Trinajstić information content (AvgIpc) is 2.75. The molecule has 96 valence electrons. The summed E-state index contributed by atoms with van der Waals surface area (Å²) >= 11 is 2.96. The first-order chi connectivity index (χ1) is 8.49. The Kier molecular flexibility index (Phi) is 3.67. The molecule has 18 heavy (non-hydrogen) atoms. The first-order valence-electron chi connectivity index (χ1n) is 5.18. The van der Waals surface area contributed by atoms with Crippen LogP contribution < -0.4 is 11.2 Å². The zero-order valence-corrected chi connectivity index (χ0v) is 11.8. The highest BCUT2D eigenvalue weighted by Gasteiger charge is 2.08. The van der Waals surface area contributed by atoms with Gasteiger partial charge in [0.1, 0.15) is 5.01 Å². The van der Waals surface area contributed by atoms with E-state index in [4.69, 9.17) is 0 Å². The van der Waals surface area contributed by atoms with E-state index >= 15 is 0 Å². The van der Waals surface area contributed by atoms with Crippen molar-refractivity contribution in [2.75, 3.05) is 0 Å². The van der Waals surface area contributed by atoms with Gasteiger partial charge in [0.05, 0.1) is 0 Å². The van der Waals surface area contributed by atoms with Crippen LogP contribution in [0.25, 0.3) is 0 Å². The highest BCUT2D eigenvalue weighted by atomic mass is 32.2. The molecule has 0 spiro atoms. The second-order valence-electron chi connectivity index (χ2n) is 3.75. The summed E-state index contributed by atoms with van der Waals surface area (Å²) in [5, 5.41) is 8.80. The van der Waals surface area contributed by atoms with E-state index < -0.39 is 0 Å². The topological polar surface area (TPSA) is 69.8 Å². The minimum atomic E-state index is -0.313. The fraction of sp³-hybridized carbons (Fsp3) is 0.400. The monoisotopic (exact) mass is 284 g/mol. The number of thioether (sulfide) groups is 1. The Morgan fingerprint density at radius 3 is 2.61 bits per heavy atom. The van der Waals surface area contributed by atoms with E-state index in [2.05, 4.69) is 10.2 Å². The van der Waals surface area contributed by atoms with Crippen LogP contribution >= 0.6 is 23.1 Å². The summed E-state index contributed by atoms with van der Waals surface area (Å²) in [5.41, 5.74) is 0.0784. The van der Waals surface area contributed by atoms with E-state index in [1.54, 1.807) is 7.05 Å². The molecule has 2 aromatic heterocycles. The van der Waals surface area contributed by atoms with Gasteiger partial charge in [0, 0.05) is 31.6 Å². The quantitative estimate of drug-likeness (QED) is 0.769. The molecular weight excluding hydrogens is 272 g/mol. The molecule has 0 atom stereocenters. The van der Waals surface area contributed by atoms with Gasteiger partial charge in [-0.1, -0.05) is 23.1 Å². The Labute approximate surface area is 111 Å². The summed E-state index contributed by atoms with van der Waals surface area (Å²) in [7, 11) is 3.12. The van der Waals surface area contributed by atoms with Gasteiger partial charge >= 0.3 is 5.69 Å². The van der Waals surface area contributed by atoms with Gasteiger partial charge in [-0.2, -0.15) is 0 Å². The molecule has 0 aliphatic carbocycles. The molecule has 6 nitrogen and oxygen atoms in total. The Morgan fingerprint density at radius 1 is 1.28 bits per heavy atom. The molecule has 0 radical (unpaired) electrons. The first kappa shape index (κ1) is 13.0. The maximum absolute atomic E-state index is 11.7. The van der Waals surface area contributed by atoms with Crippen LogP contribution in [-0.2, 0) is 19.8 Å². The standard InChI is InChI=1S/C10H12N4O2S2/c1-6-11-12-9(18-6)17-5-7-4-8(15)14(3)10(16)13(7)2/h4H,5H2,1-3H3. The van der Waals surface area contributed by atoms with Gasteiger partial charge in [0.15, 0.2) is 4.34 Å². The fourth-order valence-electron chi connectivity index (χ4n) is 1.39. The van der Waals surface area contributed by atoms with Crippen molar-refractivity contribution in [3.8, 4) is 0 Å². The van der Waals surface area contributed by atoms with Gasteiger partial charge in [-0.3, -0.25) is 13.9 Å². The number of nitrogens with zero attached hydrogens (tertiary/aromatic N) is 4. The minimum Gasteiger partial charge on any atom is -0.300 e. The molecule has 2 aromatic rings. The Balaban J connectivity index is 2.25. The number of aromatic nitrogens is 4. The third-order valence-corrected chi connectivity index (χ3v) is 4.48. The van der Waals surface area contributed by atoms with Gasteiger partial charge in [-0.25, -0.2) is 4.79 Å². The summed E-state index contributed by atoms with van der Waals surface area (Å²) in [6, 6.07) is 1.47. The van der Waals surface area contributed by atoms with Gasteiger partial charge < -0.3 is 0 Å². The van der Waals surface area contributed by atoms with E-state index in [0.29, 0.717) is 11.4 Å². The first-order valence-corrected chi connectivity index (χ1v) is 6.98. The average molecular weight is 284 g/mol. The van der Waals surface area contributed by atoms with Crippen molar-refractivity contribution in [2.24, 2.45) is 14.1 Å². The van der Waals surface area contributed by atoms with Crippen molar-refractivity contribution in [1.29, 1.82) is 0 Å². The molecule has 0 unspecified atom stereocenters. The third kappa shape index (κ3) is 2.54. The largest absolute Gasteiger partial charge is 0.330 e. The second-order valence-corrected chi connectivity index (χ2v) is 6.15. The molecule has 0 aliphatic rings. The SMILES string of the molecule is Cc1nnc(SCc2cc(=O)n(C)c(=O)n2C)s1. The summed E-state index contributed by atoms with van der Waals surface area (Å²) in [5.74, 6) is 0.524. The number of hydrogen-bond acceptors (Lipinski definition) is 6. The molecule has 0 amide bonds. The van der Waals surface area contributed by atoms with E-state index in [-0.39, 0.29) is 11.2 Å². The van der Waals surface area contributed by atoms with E-state index in [1.165, 1.54) is 40.8 Å². The molecule has 0 aromatic carbocycles. The molecule has 0 N–H and O–H groups in total. The van der Waals surface area contributed by atoms with Crippen LogP contribution in [-0.4, -0.2) is 19.3 Å². The van der Waals surface area contributed by atoms with Crippen molar-refractivity contribution < 1.29 is 0 Å². The molecule has 2 heterocycles. The summed E-state index contributed by atoms with van der Waals surface area (Å²) in [6.07, 6.45) is 0. The lowest BCUT2D eigenvalue weighted by molar-refractivity contribution is 0.665. The van der Waals surface area contributed by atoms with Gasteiger partial charge in [-0.15, -0.1) is 10.2 Å². The maximum Gasteiger partial charge on any atom is 0.330 e. The highest BCUT2D eigenvalue weighted by molar-refractivity contribution is 8.00. The zero-order valence-electron chi connectivity index (χ0n) is 10.2. The third-order valence-electron chi connectivity index (χ3n) is 2.48.